The zero-order chi connectivity index (χ0) is 14.3. The van der Waals surface area contributed by atoms with E-state index in [1.165, 1.54) is 6.92 Å². The average molecular weight is 259 g/mol. The summed E-state index contributed by atoms with van der Waals surface area (Å²) in [5.74, 6) is -2.47. The lowest BCUT2D eigenvalue weighted by atomic mass is 9.94. The Hall–Kier alpha value is -1.10. The Morgan fingerprint density at radius 2 is 1.61 bits per heavy atom. The molecule has 0 saturated heterocycles. The minimum Gasteiger partial charge on any atom is -0.481 e. The highest BCUT2D eigenvalue weighted by molar-refractivity contribution is 5.84. The van der Waals surface area contributed by atoms with Crippen LogP contribution in [0.1, 0.15) is 40.5 Å². The molecule has 0 heterocycles. The highest BCUT2D eigenvalue weighted by Gasteiger charge is 2.26. The maximum Gasteiger partial charge on any atom is 0.307 e. The fourth-order valence-corrected chi connectivity index (χ4v) is 1.81. The third kappa shape index (κ3) is 5.04. The second-order valence-electron chi connectivity index (χ2n) is 4.80. The molecule has 3 N–H and O–H groups in total. The van der Waals surface area contributed by atoms with Crippen molar-refractivity contribution in [3.8, 4) is 0 Å². The van der Waals surface area contributed by atoms with Crippen LogP contribution in [-0.4, -0.2) is 34.7 Å². The fourth-order valence-electron chi connectivity index (χ4n) is 1.81. The lowest BCUT2D eigenvalue weighted by Crippen LogP contribution is -2.41. The SMILES string of the molecule is CCC(CC)C(O)CNC(=O)C(C)C(C)C(=O)O. The number of amides is 1. The topological polar surface area (TPSA) is 86.6 Å². The van der Waals surface area contributed by atoms with E-state index in [4.69, 9.17) is 5.11 Å². The normalized spacial score (nSPS) is 16.1. The van der Waals surface area contributed by atoms with Crippen LogP contribution in [0.5, 0.6) is 0 Å². The molecule has 0 aliphatic carbocycles. The lowest BCUT2D eigenvalue weighted by Gasteiger charge is -2.22. The van der Waals surface area contributed by atoms with Crippen LogP contribution in [0.2, 0.25) is 0 Å². The van der Waals surface area contributed by atoms with E-state index >= 15 is 0 Å². The van der Waals surface area contributed by atoms with Gasteiger partial charge in [0.05, 0.1) is 12.0 Å². The van der Waals surface area contributed by atoms with E-state index in [0.717, 1.165) is 12.8 Å². The Morgan fingerprint density at radius 1 is 1.11 bits per heavy atom. The largest absolute Gasteiger partial charge is 0.481 e. The number of carboxylic acids is 1. The van der Waals surface area contributed by atoms with E-state index in [-0.39, 0.29) is 18.4 Å². The highest BCUT2D eigenvalue weighted by Crippen LogP contribution is 2.14. The van der Waals surface area contributed by atoms with E-state index in [2.05, 4.69) is 5.32 Å². The van der Waals surface area contributed by atoms with Gasteiger partial charge in [0.15, 0.2) is 0 Å². The van der Waals surface area contributed by atoms with Crippen molar-refractivity contribution in [1.82, 2.24) is 5.32 Å². The number of hydrogen-bond donors (Lipinski definition) is 3. The number of aliphatic carboxylic acids is 1. The van der Waals surface area contributed by atoms with Gasteiger partial charge in [-0.3, -0.25) is 9.59 Å². The molecular formula is C13H25NO4. The molecule has 18 heavy (non-hydrogen) atoms. The predicted molar refractivity (Wildman–Crippen MR) is 69.1 cm³/mol. The number of carboxylic acid groups (broad SMARTS) is 1. The van der Waals surface area contributed by atoms with Crippen molar-refractivity contribution in [1.29, 1.82) is 0 Å². The van der Waals surface area contributed by atoms with Crippen molar-refractivity contribution in [3.63, 3.8) is 0 Å². The Morgan fingerprint density at radius 3 is 2.00 bits per heavy atom. The van der Waals surface area contributed by atoms with Gasteiger partial charge in [0.2, 0.25) is 5.91 Å². The Balaban J connectivity index is 4.21. The summed E-state index contributed by atoms with van der Waals surface area (Å²) >= 11 is 0. The highest BCUT2D eigenvalue weighted by atomic mass is 16.4. The second-order valence-corrected chi connectivity index (χ2v) is 4.80. The molecule has 0 aromatic heterocycles. The van der Waals surface area contributed by atoms with Gasteiger partial charge in [0, 0.05) is 12.5 Å². The van der Waals surface area contributed by atoms with Gasteiger partial charge in [-0.05, 0) is 5.92 Å². The van der Waals surface area contributed by atoms with Crippen LogP contribution in [0.3, 0.4) is 0 Å². The van der Waals surface area contributed by atoms with Gasteiger partial charge >= 0.3 is 5.97 Å². The molecule has 5 nitrogen and oxygen atoms in total. The molecule has 3 atom stereocenters. The van der Waals surface area contributed by atoms with Gasteiger partial charge in [0.1, 0.15) is 0 Å². The first-order valence-electron chi connectivity index (χ1n) is 6.53. The van der Waals surface area contributed by atoms with Gasteiger partial charge in [-0.25, -0.2) is 0 Å². The van der Waals surface area contributed by atoms with Crippen LogP contribution in [0, 0.1) is 17.8 Å². The summed E-state index contributed by atoms with van der Waals surface area (Å²) in [6, 6.07) is 0. The minimum absolute atomic E-state index is 0.164. The fraction of sp³-hybridized carbons (Fsp3) is 0.846. The van der Waals surface area contributed by atoms with Crippen LogP contribution in [0.25, 0.3) is 0 Å². The molecule has 0 radical (unpaired) electrons. The van der Waals surface area contributed by atoms with Crippen molar-refractivity contribution in [2.24, 2.45) is 17.8 Å². The second kappa shape index (κ2) is 8.08. The van der Waals surface area contributed by atoms with Crippen molar-refractivity contribution in [2.75, 3.05) is 6.54 Å². The summed E-state index contributed by atoms with van der Waals surface area (Å²) in [5, 5.41) is 21.3. The smallest absolute Gasteiger partial charge is 0.307 e. The number of carbonyl (C=O) groups excluding carboxylic acids is 1. The number of nitrogens with one attached hydrogen (secondary N) is 1. The first-order valence-corrected chi connectivity index (χ1v) is 6.53. The lowest BCUT2D eigenvalue weighted by molar-refractivity contribution is -0.146. The summed E-state index contributed by atoms with van der Waals surface area (Å²) in [6.45, 7) is 7.26. The Kier molecular flexibility index (Phi) is 7.59. The molecule has 0 fully saturated rings. The van der Waals surface area contributed by atoms with E-state index in [1.54, 1.807) is 6.92 Å². The average Bonchev–Trinajstić information content (AvgIpc) is 2.35. The minimum atomic E-state index is -0.988. The van der Waals surface area contributed by atoms with Gasteiger partial charge < -0.3 is 15.5 Å². The van der Waals surface area contributed by atoms with Crippen LogP contribution < -0.4 is 5.32 Å². The van der Waals surface area contributed by atoms with E-state index in [9.17, 15) is 14.7 Å². The quantitative estimate of drug-likeness (QED) is 0.612. The van der Waals surface area contributed by atoms with E-state index in [1.807, 2.05) is 13.8 Å². The first kappa shape index (κ1) is 16.9. The molecule has 1 amide bonds. The summed E-state index contributed by atoms with van der Waals surface area (Å²) in [7, 11) is 0. The molecule has 3 unspecified atom stereocenters. The monoisotopic (exact) mass is 259 g/mol. The number of aliphatic hydroxyl groups is 1. The molecule has 0 aromatic carbocycles. The van der Waals surface area contributed by atoms with Crippen LogP contribution in [-0.2, 0) is 9.59 Å². The summed E-state index contributed by atoms with van der Waals surface area (Å²) in [4.78, 5) is 22.5. The van der Waals surface area contributed by atoms with Gasteiger partial charge in [-0.15, -0.1) is 0 Å². The van der Waals surface area contributed by atoms with Gasteiger partial charge in [0.25, 0.3) is 0 Å². The zero-order valence-electron chi connectivity index (χ0n) is 11.6. The molecule has 0 aliphatic rings. The number of aliphatic hydroxyl groups excluding tert-OH is 1. The molecule has 0 rings (SSSR count). The molecule has 0 bridgehead atoms. The van der Waals surface area contributed by atoms with E-state index < -0.39 is 23.9 Å². The third-order valence-electron chi connectivity index (χ3n) is 3.63. The van der Waals surface area contributed by atoms with Crippen LogP contribution in [0.4, 0.5) is 0 Å². The maximum atomic E-state index is 11.7. The third-order valence-corrected chi connectivity index (χ3v) is 3.63. The standard InChI is InChI=1S/C13H25NO4/c1-5-10(6-2)11(15)7-14-12(16)8(3)9(4)13(17)18/h8-11,15H,5-7H2,1-4H3,(H,14,16)(H,17,18). The Bertz CT molecular complexity index is 276. The molecule has 0 spiro atoms. The van der Waals surface area contributed by atoms with Crippen molar-refractivity contribution < 1.29 is 19.8 Å². The maximum absolute atomic E-state index is 11.7. The zero-order valence-corrected chi connectivity index (χ0v) is 11.6. The first-order chi connectivity index (χ1) is 8.34. The molecular weight excluding hydrogens is 234 g/mol. The molecule has 0 saturated carbocycles. The van der Waals surface area contributed by atoms with Crippen molar-refractivity contribution in [2.45, 2.75) is 46.6 Å². The number of carbonyl (C=O) groups is 2. The van der Waals surface area contributed by atoms with E-state index in [0.29, 0.717) is 0 Å². The summed E-state index contributed by atoms with van der Waals surface area (Å²) < 4.78 is 0. The van der Waals surface area contributed by atoms with Crippen molar-refractivity contribution in [3.05, 3.63) is 0 Å². The molecule has 0 aliphatic heterocycles. The summed E-state index contributed by atoms with van der Waals surface area (Å²) in [6.07, 6.45) is 1.14. The van der Waals surface area contributed by atoms with Crippen molar-refractivity contribution >= 4 is 11.9 Å². The van der Waals surface area contributed by atoms with Gasteiger partial charge in [-0.2, -0.15) is 0 Å². The van der Waals surface area contributed by atoms with Crippen LogP contribution >= 0.6 is 0 Å². The number of rotatable bonds is 8. The van der Waals surface area contributed by atoms with Crippen LogP contribution in [0.15, 0.2) is 0 Å². The summed E-state index contributed by atoms with van der Waals surface area (Å²) in [5.41, 5.74) is 0. The molecule has 0 aromatic rings. The number of hydrogen-bond acceptors (Lipinski definition) is 3. The predicted octanol–water partition coefficient (Wildman–Crippen LogP) is 1.26. The Labute approximate surface area is 109 Å². The van der Waals surface area contributed by atoms with Gasteiger partial charge in [-0.1, -0.05) is 40.5 Å². The molecule has 106 valence electrons. The molecule has 5 heteroatoms.